The average Bonchev–Trinajstić information content (AvgIpc) is 2.33. The van der Waals surface area contributed by atoms with Crippen LogP contribution in [0.25, 0.3) is 0 Å². The Morgan fingerprint density at radius 3 is 2.44 bits per heavy atom. The van der Waals surface area contributed by atoms with Crippen LogP contribution < -0.4 is 0 Å². The molecule has 1 aliphatic carbocycles. The summed E-state index contributed by atoms with van der Waals surface area (Å²) in [6, 6.07) is 0. The van der Waals surface area contributed by atoms with Gasteiger partial charge in [0.25, 0.3) is 0 Å². The van der Waals surface area contributed by atoms with Gasteiger partial charge in [-0.1, -0.05) is 46.0 Å². The number of hydrogen-bond donors (Lipinski definition) is 0. The van der Waals surface area contributed by atoms with Crippen LogP contribution in [-0.2, 0) is 4.79 Å². The fourth-order valence-corrected chi connectivity index (χ4v) is 2.98. The largest absolute Gasteiger partial charge is 0.299 e. The van der Waals surface area contributed by atoms with Gasteiger partial charge in [0, 0.05) is 12.3 Å². The third-order valence-electron chi connectivity index (χ3n) is 4.03. The smallest absolute Gasteiger partial charge is 0.136 e. The molecule has 0 amide bonds. The molecule has 0 radical (unpaired) electrons. The number of rotatable bonds is 7. The van der Waals surface area contributed by atoms with Crippen LogP contribution in [0.5, 0.6) is 0 Å². The molecule has 2 atom stereocenters. The molecule has 94 valence electrons. The summed E-state index contributed by atoms with van der Waals surface area (Å²) in [6.45, 7) is 4.42. The minimum absolute atomic E-state index is 0.423. The number of ketones is 1. The van der Waals surface area contributed by atoms with E-state index in [0.717, 1.165) is 25.2 Å². The van der Waals surface area contributed by atoms with E-state index < -0.39 is 0 Å². The van der Waals surface area contributed by atoms with E-state index in [4.69, 9.17) is 0 Å². The summed E-state index contributed by atoms with van der Waals surface area (Å²) in [7, 11) is 0. The fraction of sp³-hybridized carbons (Fsp3) is 0.933. The van der Waals surface area contributed by atoms with Gasteiger partial charge >= 0.3 is 0 Å². The van der Waals surface area contributed by atoms with Gasteiger partial charge in [-0.05, 0) is 31.6 Å². The van der Waals surface area contributed by atoms with Crippen molar-refractivity contribution in [3.05, 3.63) is 0 Å². The summed E-state index contributed by atoms with van der Waals surface area (Å²) >= 11 is 0. The monoisotopic (exact) mass is 224 g/mol. The van der Waals surface area contributed by atoms with Crippen molar-refractivity contribution in [3.8, 4) is 0 Å². The van der Waals surface area contributed by atoms with Crippen LogP contribution in [0.3, 0.4) is 0 Å². The minimum atomic E-state index is 0.423. The second-order valence-electron chi connectivity index (χ2n) is 5.36. The van der Waals surface area contributed by atoms with Gasteiger partial charge < -0.3 is 0 Å². The zero-order chi connectivity index (χ0) is 11.8. The molecule has 0 aromatic rings. The first-order chi connectivity index (χ1) is 7.79. The summed E-state index contributed by atoms with van der Waals surface area (Å²) in [5, 5.41) is 0. The summed E-state index contributed by atoms with van der Waals surface area (Å²) in [5.74, 6) is 1.72. The molecule has 1 saturated carbocycles. The van der Waals surface area contributed by atoms with Gasteiger partial charge in [0.05, 0.1) is 0 Å². The van der Waals surface area contributed by atoms with E-state index in [1.54, 1.807) is 0 Å². The Morgan fingerprint density at radius 2 is 1.75 bits per heavy atom. The Kier molecular flexibility index (Phi) is 6.75. The second-order valence-corrected chi connectivity index (χ2v) is 5.36. The quantitative estimate of drug-likeness (QED) is 0.610. The minimum Gasteiger partial charge on any atom is -0.299 e. The molecule has 1 heteroatoms. The molecule has 2 unspecified atom stereocenters. The van der Waals surface area contributed by atoms with E-state index in [1.165, 1.54) is 44.9 Å². The first-order valence-corrected chi connectivity index (χ1v) is 7.32. The van der Waals surface area contributed by atoms with Crippen LogP contribution in [-0.4, -0.2) is 5.78 Å². The third-order valence-corrected chi connectivity index (χ3v) is 4.03. The van der Waals surface area contributed by atoms with Crippen molar-refractivity contribution in [1.29, 1.82) is 0 Å². The lowest BCUT2D eigenvalue weighted by Gasteiger charge is -2.30. The molecule has 0 bridgehead atoms. The van der Waals surface area contributed by atoms with Gasteiger partial charge in [0.1, 0.15) is 5.78 Å². The SMILES string of the molecule is CCCCC(=O)C1CCCCC1CCCC. The number of hydrogen-bond acceptors (Lipinski definition) is 1. The van der Waals surface area contributed by atoms with E-state index in [2.05, 4.69) is 13.8 Å². The van der Waals surface area contributed by atoms with Gasteiger partial charge in [0.15, 0.2) is 0 Å². The number of unbranched alkanes of at least 4 members (excludes halogenated alkanes) is 2. The van der Waals surface area contributed by atoms with Crippen molar-refractivity contribution < 1.29 is 4.79 Å². The Morgan fingerprint density at radius 1 is 1.06 bits per heavy atom. The molecule has 0 spiro atoms. The van der Waals surface area contributed by atoms with Crippen molar-refractivity contribution in [3.63, 3.8) is 0 Å². The molecular weight excluding hydrogens is 196 g/mol. The summed E-state index contributed by atoms with van der Waals surface area (Å²) < 4.78 is 0. The van der Waals surface area contributed by atoms with Crippen molar-refractivity contribution in [2.75, 3.05) is 0 Å². The normalized spacial score (nSPS) is 25.6. The lowest BCUT2D eigenvalue weighted by Crippen LogP contribution is -2.27. The predicted octanol–water partition coefficient (Wildman–Crippen LogP) is 4.74. The molecule has 0 aromatic heterocycles. The van der Waals surface area contributed by atoms with Crippen molar-refractivity contribution in [2.45, 2.75) is 78.1 Å². The maximum Gasteiger partial charge on any atom is 0.136 e. The van der Waals surface area contributed by atoms with Gasteiger partial charge in [-0.3, -0.25) is 4.79 Å². The number of Topliss-reactive ketones (excluding diaryl/α,β-unsaturated/α-hetero) is 1. The van der Waals surface area contributed by atoms with E-state index in [9.17, 15) is 4.79 Å². The highest BCUT2D eigenvalue weighted by atomic mass is 16.1. The first-order valence-electron chi connectivity index (χ1n) is 7.32. The first kappa shape index (κ1) is 13.7. The van der Waals surface area contributed by atoms with Gasteiger partial charge in [-0.15, -0.1) is 0 Å². The Labute approximate surface area is 101 Å². The molecule has 1 fully saturated rings. The molecule has 0 aliphatic heterocycles. The van der Waals surface area contributed by atoms with Gasteiger partial charge in [-0.25, -0.2) is 0 Å². The zero-order valence-electron chi connectivity index (χ0n) is 11.1. The van der Waals surface area contributed by atoms with Crippen LogP contribution >= 0.6 is 0 Å². The van der Waals surface area contributed by atoms with Crippen LogP contribution in [0.15, 0.2) is 0 Å². The average molecular weight is 224 g/mol. The Bertz CT molecular complexity index is 198. The molecule has 1 rings (SSSR count). The maximum absolute atomic E-state index is 12.1. The zero-order valence-corrected chi connectivity index (χ0v) is 11.1. The Hall–Kier alpha value is -0.330. The van der Waals surface area contributed by atoms with E-state index in [-0.39, 0.29) is 0 Å². The summed E-state index contributed by atoms with van der Waals surface area (Å²) in [5.41, 5.74) is 0. The summed E-state index contributed by atoms with van der Waals surface area (Å²) in [4.78, 5) is 12.1. The molecule has 0 saturated heterocycles. The van der Waals surface area contributed by atoms with Crippen LogP contribution in [0.2, 0.25) is 0 Å². The second kappa shape index (κ2) is 7.86. The van der Waals surface area contributed by atoms with Crippen LogP contribution in [0.1, 0.15) is 78.1 Å². The summed E-state index contributed by atoms with van der Waals surface area (Å²) in [6.07, 6.45) is 12.1. The van der Waals surface area contributed by atoms with E-state index in [0.29, 0.717) is 11.7 Å². The van der Waals surface area contributed by atoms with E-state index in [1.807, 2.05) is 0 Å². The Balaban J connectivity index is 2.42. The molecule has 1 aliphatic rings. The highest BCUT2D eigenvalue weighted by Gasteiger charge is 2.29. The number of carbonyl (C=O) groups excluding carboxylic acids is 1. The molecule has 1 nitrogen and oxygen atoms in total. The molecule has 0 aromatic carbocycles. The lowest BCUT2D eigenvalue weighted by molar-refractivity contribution is -0.125. The molecule has 16 heavy (non-hydrogen) atoms. The maximum atomic E-state index is 12.1. The predicted molar refractivity (Wildman–Crippen MR) is 69.5 cm³/mol. The molecular formula is C15H28O. The standard InChI is InChI=1S/C15H28O/c1-3-5-9-13-10-7-8-11-14(13)15(16)12-6-4-2/h13-14H,3-12H2,1-2H3. The van der Waals surface area contributed by atoms with Crippen LogP contribution in [0.4, 0.5) is 0 Å². The van der Waals surface area contributed by atoms with Crippen molar-refractivity contribution >= 4 is 5.78 Å². The number of carbonyl (C=O) groups is 1. The van der Waals surface area contributed by atoms with E-state index >= 15 is 0 Å². The third kappa shape index (κ3) is 4.27. The molecule has 0 heterocycles. The van der Waals surface area contributed by atoms with Gasteiger partial charge in [0.2, 0.25) is 0 Å². The van der Waals surface area contributed by atoms with Gasteiger partial charge in [-0.2, -0.15) is 0 Å². The van der Waals surface area contributed by atoms with Crippen molar-refractivity contribution in [1.82, 2.24) is 0 Å². The van der Waals surface area contributed by atoms with Crippen molar-refractivity contribution in [2.24, 2.45) is 11.8 Å². The lowest BCUT2D eigenvalue weighted by atomic mass is 9.74. The topological polar surface area (TPSA) is 17.1 Å². The fourth-order valence-electron chi connectivity index (χ4n) is 2.98. The highest BCUT2D eigenvalue weighted by molar-refractivity contribution is 5.81. The highest BCUT2D eigenvalue weighted by Crippen LogP contribution is 2.35. The molecule has 0 N–H and O–H groups in total. The van der Waals surface area contributed by atoms with Crippen LogP contribution in [0, 0.1) is 11.8 Å².